The van der Waals surface area contributed by atoms with Gasteiger partial charge in [-0.2, -0.15) is 11.8 Å². The predicted octanol–water partition coefficient (Wildman–Crippen LogP) is 4.67. The molecule has 0 aliphatic heterocycles. The van der Waals surface area contributed by atoms with E-state index in [4.69, 9.17) is 10.7 Å². The average Bonchev–Trinajstić information content (AvgIpc) is 2.80. The van der Waals surface area contributed by atoms with E-state index in [0.29, 0.717) is 5.92 Å². The van der Waals surface area contributed by atoms with Crippen LogP contribution >= 0.6 is 11.8 Å². The van der Waals surface area contributed by atoms with Crippen LogP contribution in [0.5, 0.6) is 0 Å². The second-order valence-corrected chi connectivity index (χ2v) is 6.92. The van der Waals surface area contributed by atoms with Crippen molar-refractivity contribution in [3.63, 3.8) is 0 Å². The Balaban J connectivity index is 2.08. The normalized spacial score (nSPS) is 11.6. The molecule has 0 radical (unpaired) electrons. The fourth-order valence-corrected chi connectivity index (χ4v) is 3.20. The summed E-state index contributed by atoms with van der Waals surface area (Å²) in [5.74, 6) is 2.90. The highest BCUT2D eigenvalue weighted by molar-refractivity contribution is 7.98. The van der Waals surface area contributed by atoms with E-state index in [-0.39, 0.29) is 0 Å². The molecular weight excluding hydrogens is 278 g/mol. The van der Waals surface area contributed by atoms with Crippen LogP contribution < -0.4 is 5.73 Å². The number of nitrogens with two attached hydrogens (primary N) is 1. The van der Waals surface area contributed by atoms with E-state index in [0.717, 1.165) is 17.7 Å². The summed E-state index contributed by atoms with van der Waals surface area (Å²) in [5, 5.41) is 0. The SMILES string of the molecule is CSCCCCCCn1c(C(C)C)nc2cc(N)ccc21. The van der Waals surface area contributed by atoms with Gasteiger partial charge in [-0.3, -0.25) is 0 Å². The Morgan fingerprint density at radius 1 is 1.19 bits per heavy atom. The molecule has 0 amide bonds. The highest BCUT2D eigenvalue weighted by Gasteiger charge is 2.13. The van der Waals surface area contributed by atoms with Crippen molar-refractivity contribution in [3.05, 3.63) is 24.0 Å². The Morgan fingerprint density at radius 2 is 1.95 bits per heavy atom. The van der Waals surface area contributed by atoms with Gasteiger partial charge in [0.05, 0.1) is 11.0 Å². The van der Waals surface area contributed by atoms with Crippen molar-refractivity contribution in [2.45, 2.75) is 52.0 Å². The van der Waals surface area contributed by atoms with Gasteiger partial charge >= 0.3 is 0 Å². The van der Waals surface area contributed by atoms with E-state index in [1.54, 1.807) is 0 Å². The fraction of sp³-hybridized carbons (Fsp3) is 0.588. The van der Waals surface area contributed by atoms with Crippen molar-refractivity contribution in [1.29, 1.82) is 0 Å². The molecule has 2 N–H and O–H groups in total. The van der Waals surface area contributed by atoms with Crippen molar-refractivity contribution in [2.24, 2.45) is 0 Å². The van der Waals surface area contributed by atoms with E-state index in [9.17, 15) is 0 Å². The van der Waals surface area contributed by atoms with Crippen molar-refractivity contribution < 1.29 is 0 Å². The zero-order chi connectivity index (χ0) is 15.2. The van der Waals surface area contributed by atoms with Crippen LogP contribution in [0.2, 0.25) is 0 Å². The van der Waals surface area contributed by atoms with Crippen LogP contribution in [-0.2, 0) is 6.54 Å². The largest absolute Gasteiger partial charge is 0.399 e. The highest BCUT2D eigenvalue weighted by Crippen LogP contribution is 2.24. The molecule has 0 aliphatic carbocycles. The molecule has 21 heavy (non-hydrogen) atoms. The van der Waals surface area contributed by atoms with E-state index in [2.05, 4.69) is 30.7 Å². The number of aromatic nitrogens is 2. The molecule has 0 fully saturated rings. The number of nitrogens with zero attached hydrogens (tertiary/aromatic N) is 2. The molecular formula is C17H27N3S. The van der Waals surface area contributed by atoms with Gasteiger partial charge in [-0.25, -0.2) is 4.98 Å². The Bertz CT molecular complexity index is 575. The number of hydrogen-bond acceptors (Lipinski definition) is 3. The molecule has 0 atom stereocenters. The summed E-state index contributed by atoms with van der Waals surface area (Å²) >= 11 is 1.94. The van der Waals surface area contributed by atoms with Gasteiger partial charge < -0.3 is 10.3 Å². The Labute approximate surface area is 132 Å². The number of nitrogen functional groups attached to an aromatic ring is 1. The standard InChI is InChI=1S/C17H27N3S/c1-13(2)17-19-15-12-14(18)8-9-16(15)20(17)10-6-4-5-7-11-21-3/h8-9,12-13H,4-7,10-11,18H2,1-3H3. The lowest BCUT2D eigenvalue weighted by atomic mass is 10.2. The molecule has 0 saturated heterocycles. The zero-order valence-corrected chi connectivity index (χ0v) is 14.2. The molecule has 2 rings (SSSR count). The number of aryl methyl sites for hydroxylation is 1. The predicted molar refractivity (Wildman–Crippen MR) is 95.1 cm³/mol. The maximum atomic E-state index is 5.88. The van der Waals surface area contributed by atoms with Gasteiger partial charge in [0, 0.05) is 18.2 Å². The number of fused-ring (bicyclic) bond motifs is 1. The van der Waals surface area contributed by atoms with Crippen molar-refractivity contribution in [1.82, 2.24) is 9.55 Å². The number of benzene rings is 1. The van der Waals surface area contributed by atoms with Gasteiger partial charge in [-0.1, -0.05) is 26.7 Å². The second-order valence-electron chi connectivity index (χ2n) is 5.93. The second kappa shape index (κ2) is 7.74. The van der Waals surface area contributed by atoms with E-state index < -0.39 is 0 Å². The number of anilines is 1. The molecule has 0 bridgehead atoms. The summed E-state index contributed by atoms with van der Waals surface area (Å²) < 4.78 is 2.38. The topological polar surface area (TPSA) is 43.8 Å². The lowest BCUT2D eigenvalue weighted by molar-refractivity contribution is 0.563. The maximum absolute atomic E-state index is 5.88. The molecule has 1 aromatic heterocycles. The van der Waals surface area contributed by atoms with E-state index >= 15 is 0 Å². The zero-order valence-electron chi connectivity index (χ0n) is 13.4. The van der Waals surface area contributed by atoms with Gasteiger partial charge in [0.25, 0.3) is 0 Å². The smallest absolute Gasteiger partial charge is 0.112 e. The molecule has 1 aromatic carbocycles. The first-order chi connectivity index (χ1) is 10.1. The first kappa shape index (κ1) is 16.2. The van der Waals surface area contributed by atoms with E-state index in [1.165, 1.54) is 42.8 Å². The fourth-order valence-electron chi connectivity index (χ4n) is 2.71. The molecule has 1 heterocycles. The van der Waals surface area contributed by atoms with Crippen LogP contribution in [-0.4, -0.2) is 21.6 Å². The maximum Gasteiger partial charge on any atom is 0.112 e. The number of hydrogen-bond donors (Lipinski definition) is 1. The van der Waals surface area contributed by atoms with Crippen molar-refractivity contribution in [3.8, 4) is 0 Å². The summed E-state index contributed by atoms with van der Waals surface area (Å²) in [6.45, 7) is 5.48. The van der Waals surface area contributed by atoms with Crippen LogP contribution in [0.3, 0.4) is 0 Å². The van der Waals surface area contributed by atoms with Crippen LogP contribution in [0.25, 0.3) is 11.0 Å². The molecule has 116 valence electrons. The third-order valence-electron chi connectivity index (χ3n) is 3.80. The van der Waals surface area contributed by atoms with Gasteiger partial charge in [-0.15, -0.1) is 0 Å². The van der Waals surface area contributed by atoms with E-state index in [1.807, 2.05) is 23.9 Å². The van der Waals surface area contributed by atoms with Crippen molar-refractivity contribution in [2.75, 3.05) is 17.7 Å². The quantitative estimate of drug-likeness (QED) is 0.569. The molecule has 0 aliphatic rings. The number of imidazole rings is 1. The summed E-state index contributed by atoms with van der Waals surface area (Å²) in [6.07, 6.45) is 7.37. The monoisotopic (exact) mass is 305 g/mol. The minimum absolute atomic E-state index is 0.440. The van der Waals surface area contributed by atoms with Gasteiger partial charge in [0.1, 0.15) is 5.82 Å². The first-order valence-electron chi connectivity index (χ1n) is 7.88. The number of rotatable bonds is 8. The minimum atomic E-state index is 0.440. The highest BCUT2D eigenvalue weighted by atomic mass is 32.2. The van der Waals surface area contributed by atoms with Crippen LogP contribution in [0, 0.1) is 0 Å². The average molecular weight is 305 g/mol. The minimum Gasteiger partial charge on any atom is -0.399 e. The molecule has 3 nitrogen and oxygen atoms in total. The summed E-state index contributed by atoms with van der Waals surface area (Å²) in [5.41, 5.74) is 8.92. The molecule has 4 heteroatoms. The molecule has 0 saturated carbocycles. The first-order valence-corrected chi connectivity index (χ1v) is 9.27. The number of thioether (sulfide) groups is 1. The molecule has 0 unspecified atom stereocenters. The number of unbranched alkanes of at least 4 members (excludes halogenated alkanes) is 3. The van der Waals surface area contributed by atoms with Crippen LogP contribution in [0.1, 0.15) is 51.3 Å². The lowest BCUT2D eigenvalue weighted by Gasteiger charge is -2.11. The molecule has 2 aromatic rings. The Morgan fingerprint density at radius 3 is 2.67 bits per heavy atom. The van der Waals surface area contributed by atoms with Crippen LogP contribution in [0.4, 0.5) is 5.69 Å². The summed E-state index contributed by atoms with van der Waals surface area (Å²) in [4.78, 5) is 4.78. The third-order valence-corrected chi connectivity index (χ3v) is 4.50. The third kappa shape index (κ3) is 4.16. The molecule has 0 spiro atoms. The Hall–Kier alpha value is -1.16. The van der Waals surface area contributed by atoms with Gasteiger partial charge in [0.15, 0.2) is 0 Å². The van der Waals surface area contributed by atoms with Crippen molar-refractivity contribution >= 4 is 28.5 Å². The Kier molecular flexibility index (Phi) is 5.97. The van der Waals surface area contributed by atoms with Gasteiger partial charge in [0.2, 0.25) is 0 Å². The lowest BCUT2D eigenvalue weighted by Crippen LogP contribution is -2.05. The van der Waals surface area contributed by atoms with Gasteiger partial charge in [-0.05, 0) is 43.0 Å². The summed E-state index contributed by atoms with van der Waals surface area (Å²) in [7, 11) is 0. The summed E-state index contributed by atoms with van der Waals surface area (Å²) in [6, 6.07) is 6.07. The van der Waals surface area contributed by atoms with Crippen LogP contribution in [0.15, 0.2) is 18.2 Å².